The van der Waals surface area contributed by atoms with Gasteiger partial charge >= 0.3 is 6.18 Å². The third-order valence-electron chi connectivity index (χ3n) is 10.9. The molecule has 2 aliphatic rings. The average molecular weight is 985 g/mol. The summed E-state index contributed by atoms with van der Waals surface area (Å²) >= 11 is 0. The van der Waals surface area contributed by atoms with E-state index in [1.807, 2.05) is 90.7 Å². The second-order valence-corrected chi connectivity index (χ2v) is 18.3. The maximum absolute atomic E-state index is 14.4. The van der Waals surface area contributed by atoms with Crippen molar-refractivity contribution in [3.63, 3.8) is 0 Å². The number of alkyl halides is 3. The van der Waals surface area contributed by atoms with Crippen LogP contribution in [0.4, 0.5) is 41.7 Å². The van der Waals surface area contributed by atoms with Gasteiger partial charge in [-0.15, -0.1) is 48.3 Å². The Hall–Kier alpha value is -5.33. The molecular weight excluding hydrogens is 937 g/mol. The van der Waals surface area contributed by atoms with E-state index in [0.717, 1.165) is 39.7 Å². The van der Waals surface area contributed by atoms with Gasteiger partial charge < -0.3 is 19.4 Å². The predicted molar refractivity (Wildman–Crippen MR) is 233 cm³/mol. The van der Waals surface area contributed by atoms with Crippen molar-refractivity contribution < 1.29 is 39.0 Å². The van der Waals surface area contributed by atoms with Crippen LogP contribution in [-0.2, 0) is 43.5 Å². The number of ether oxygens (including phenoxy) is 1. The molecule has 2 aliphatic heterocycles. The Morgan fingerprint density at radius 1 is 0.567 bits per heavy atom. The molecule has 9 heteroatoms. The monoisotopic (exact) mass is 984 g/mol. The number of halogens is 3. The number of rotatable bonds is 5. The summed E-state index contributed by atoms with van der Waals surface area (Å²) in [6.07, 6.45) is 1.17. The average Bonchev–Trinajstić information content (AvgIpc) is 3.64. The molecule has 0 amide bonds. The molecule has 60 heavy (non-hydrogen) atoms. The molecule has 0 unspecified atom stereocenters. The van der Waals surface area contributed by atoms with Gasteiger partial charge in [0.25, 0.3) is 0 Å². The van der Waals surface area contributed by atoms with Crippen molar-refractivity contribution in [3.8, 4) is 33.8 Å². The van der Waals surface area contributed by atoms with E-state index in [2.05, 4.69) is 97.5 Å². The third-order valence-corrected chi connectivity index (χ3v) is 10.9. The topological polar surface area (TPSA) is 31.8 Å². The Morgan fingerprint density at radius 3 is 1.83 bits per heavy atom. The van der Waals surface area contributed by atoms with Crippen LogP contribution in [-0.4, -0.2) is 4.98 Å². The van der Waals surface area contributed by atoms with Crippen LogP contribution in [0.3, 0.4) is 0 Å². The van der Waals surface area contributed by atoms with Crippen molar-refractivity contribution in [2.45, 2.75) is 84.7 Å². The molecule has 0 aliphatic carbocycles. The second-order valence-electron chi connectivity index (χ2n) is 18.3. The van der Waals surface area contributed by atoms with Crippen molar-refractivity contribution in [2.75, 3.05) is 14.7 Å². The first-order valence-corrected chi connectivity index (χ1v) is 19.8. The van der Waals surface area contributed by atoms with Crippen LogP contribution < -0.4 is 19.4 Å². The Bertz CT molecular complexity index is 2560. The molecule has 3 heterocycles. The molecule has 6 aromatic rings. The van der Waals surface area contributed by atoms with Crippen molar-refractivity contribution in [3.05, 3.63) is 163 Å². The van der Waals surface area contributed by atoms with E-state index in [4.69, 9.17) is 9.72 Å². The van der Waals surface area contributed by atoms with E-state index in [1.54, 1.807) is 17.2 Å². The zero-order chi connectivity index (χ0) is 42.1. The van der Waals surface area contributed by atoms with Crippen molar-refractivity contribution >= 4 is 28.6 Å². The van der Waals surface area contributed by atoms with Crippen molar-refractivity contribution in [1.29, 1.82) is 0 Å². The van der Waals surface area contributed by atoms with Gasteiger partial charge in [-0.1, -0.05) is 110 Å². The van der Waals surface area contributed by atoms with Crippen LogP contribution in [0, 0.1) is 18.8 Å². The summed E-state index contributed by atoms with van der Waals surface area (Å²) in [5.74, 6) is 1.30. The first-order chi connectivity index (χ1) is 27.7. The smallest absolute Gasteiger partial charge is 0.416 e. The van der Waals surface area contributed by atoms with Gasteiger partial charge in [-0.05, 0) is 87.3 Å². The number of nitrogens with zero attached hydrogens (tertiary/aromatic N) is 4. The summed E-state index contributed by atoms with van der Waals surface area (Å²) in [6, 6.07) is 38.7. The maximum Gasteiger partial charge on any atom is 0.416 e. The van der Waals surface area contributed by atoms with E-state index in [1.165, 1.54) is 17.2 Å². The van der Waals surface area contributed by atoms with Crippen LogP contribution in [0.2, 0.25) is 0 Å². The standard InChI is InChI=1S/C51H48F3N4O.Pt/c1-48(2,3)33-21-22-55-47(29-33)58-45-28-34(51(52,53)54)17-19-43(45)41-15-10-11-16-42(41)44-20-18-40(31-46(44)58)59-39-14-12-13-37(30-39)56-23-24-57(32-56)38-26-35(49(4,5)6)25-36(27-38)50(7,8)9;/h10-29,32H,1-9H3;/q-3;. The van der Waals surface area contributed by atoms with Gasteiger partial charge in [-0.25, -0.2) is 4.98 Å². The minimum absolute atomic E-state index is 0. The summed E-state index contributed by atoms with van der Waals surface area (Å²) in [5.41, 5.74) is 8.27. The van der Waals surface area contributed by atoms with Gasteiger partial charge in [0.1, 0.15) is 5.82 Å². The fraction of sp³-hybridized carbons (Fsp3) is 0.255. The first-order valence-electron chi connectivity index (χ1n) is 19.8. The maximum atomic E-state index is 14.4. The normalized spacial score (nSPS) is 14.0. The van der Waals surface area contributed by atoms with Gasteiger partial charge in [0.2, 0.25) is 0 Å². The Balaban J connectivity index is 0.00000544. The zero-order valence-electron chi connectivity index (χ0n) is 35.3. The van der Waals surface area contributed by atoms with E-state index < -0.39 is 11.7 Å². The van der Waals surface area contributed by atoms with Crippen LogP contribution in [0.15, 0.2) is 122 Å². The molecular formula is C51H48F3N4OPt-3. The van der Waals surface area contributed by atoms with E-state index in [9.17, 15) is 13.2 Å². The summed E-state index contributed by atoms with van der Waals surface area (Å²) in [7, 11) is 0. The predicted octanol–water partition coefficient (Wildman–Crippen LogP) is 14.4. The number of anilines is 5. The molecule has 8 rings (SSSR count). The number of benzene rings is 5. The summed E-state index contributed by atoms with van der Waals surface area (Å²) < 4.78 is 49.7. The molecule has 312 valence electrons. The molecule has 0 spiro atoms. The van der Waals surface area contributed by atoms with Crippen molar-refractivity contribution in [1.82, 2.24) is 4.98 Å². The Labute approximate surface area is 366 Å². The molecule has 0 saturated carbocycles. The van der Waals surface area contributed by atoms with E-state index in [0.29, 0.717) is 34.3 Å². The quantitative estimate of drug-likeness (QED) is 0.160. The molecule has 0 atom stereocenters. The second kappa shape index (κ2) is 15.6. The van der Waals surface area contributed by atoms with Crippen LogP contribution >= 0.6 is 0 Å². The number of aromatic nitrogens is 1. The van der Waals surface area contributed by atoms with Crippen LogP contribution in [0.5, 0.6) is 11.5 Å². The minimum atomic E-state index is -4.56. The number of fused-ring (bicyclic) bond motifs is 5. The van der Waals surface area contributed by atoms with Crippen molar-refractivity contribution in [2.24, 2.45) is 0 Å². The Morgan fingerprint density at radius 2 is 1.18 bits per heavy atom. The molecule has 0 radical (unpaired) electrons. The van der Waals surface area contributed by atoms with Gasteiger partial charge in [-0.2, -0.15) is 25.3 Å². The van der Waals surface area contributed by atoms with Crippen LogP contribution in [0.1, 0.15) is 84.6 Å². The summed E-state index contributed by atoms with van der Waals surface area (Å²) in [6.45, 7) is 21.7. The summed E-state index contributed by atoms with van der Waals surface area (Å²) in [4.78, 5) is 10.6. The Kier molecular flexibility index (Phi) is 11.1. The molecule has 5 aromatic carbocycles. The fourth-order valence-corrected chi connectivity index (χ4v) is 7.40. The SMILES string of the molecule is CC(C)(C)c1cc(N2C=CN(c3[c-]c(Oc4[c-]c5c(cc4)-c4ccccc4-c4ccc(C(F)(F)F)cc4N5c4cc(C(C)(C)C)ccn4)ccc3)[CH-]2)cc(C(C)(C)C)c1.[Pt]. The third kappa shape index (κ3) is 8.49. The molecule has 0 bridgehead atoms. The minimum Gasteiger partial charge on any atom is -0.509 e. The molecule has 0 N–H and O–H groups in total. The molecule has 1 aromatic heterocycles. The molecule has 5 nitrogen and oxygen atoms in total. The largest absolute Gasteiger partial charge is 0.509 e. The summed E-state index contributed by atoms with van der Waals surface area (Å²) in [5, 5.41) is 0. The number of hydrogen-bond donors (Lipinski definition) is 0. The van der Waals surface area contributed by atoms with Gasteiger partial charge in [-0.3, -0.25) is 0 Å². The van der Waals surface area contributed by atoms with Gasteiger partial charge in [0.15, 0.2) is 0 Å². The van der Waals surface area contributed by atoms with Gasteiger partial charge in [0.05, 0.1) is 11.3 Å². The number of pyridine rings is 1. The van der Waals surface area contributed by atoms with E-state index >= 15 is 0 Å². The molecule has 0 saturated heterocycles. The van der Waals surface area contributed by atoms with E-state index in [-0.39, 0.29) is 37.3 Å². The molecule has 0 fully saturated rings. The van der Waals surface area contributed by atoms with Gasteiger partial charge in [0, 0.05) is 50.0 Å². The fourth-order valence-electron chi connectivity index (χ4n) is 7.40. The first kappa shape index (κ1) is 42.8. The number of hydrogen-bond acceptors (Lipinski definition) is 5. The zero-order valence-corrected chi connectivity index (χ0v) is 37.5. The van der Waals surface area contributed by atoms with Crippen LogP contribution in [0.25, 0.3) is 22.3 Å².